The van der Waals surface area contributed by atoms with Crippen molar-refractivity contribution in [2.75, 3.05) is 19.8 Å². The minimum Gasteiger partial charge on any atom is -0.490 e. The zero-order valence-corrected chi connectivity index (χ0v) is 15.5. The van der Waals surface area contributed by atoms with E-state index in [1.165, 1.54) is 5.56 Å². The van der Waals surface area contributed by atoms with E-state index in [9.17, 15) is 4.79 Å². The molecule has 1 atom stereocenters. The number of nitrogens with zero attached hydrogens (tertiary/aromatic N) is 1. The van der Waals surface area contributed by atoms with Gasteiger partial charge in [0.2, 0.25) is 5.91 Å². The van der Waals surface area contributed by atoms with E-state index in [-0.39, 0.29) is 11.9 Å². The van der Waals surface area contributed by atoms with E-state index >= 15 is 0 Å². The van der Waals surface area contributed by atoms with E-state index in [1.807, 2.05) is 36.4 Å². The highest BCUT2D eigenvalue weighted by atomic mass is 16.5. The van der Waals surface area contributed by atoms with Crippen LogP contribution in [0.15, 0.2) is 48.5 Å². The molecule has 0 radical (unpaired) electrons. The van der Waals surface area contributed by atoms with Gasteiger partial charge in [0.1, 0.15) is 0 Å². The van der Waals surface area contributed by atoms with Crippen molar-refractivity contribution in [3.63, 3.8) is 0 Å². The zero-order valence-electron chi connectivity index (χ0n) is 15.5. The molecule has 1 saturated heterocycles. The number of likely N-dealkylation sites (tertiary alicyclic amines) is 1. The Morgan fingerprint density at radius 3 is 2.67 bits per heavy atom. The SMILES string of the molecule is O=C(NCc1ccc2c(c1)OCCCO2)C1CCCN1Cc1ccccc1. The topological polar surface area (TPSA) is 50.8 Å². The summed E-state index contributed by atoms with van der Waals surface area (Å²) in [7, 11) is 0. The molecule has 1 amide bonds. The molecular weight excluding hydrogens is 340 g/mol. The van der Waals surface area contributed by atoms with Crippen molar-refractivity contribution in [1.82, 2.24) is 10.2 Å². The number of benzene rings is 2. The average molecular weight is 366 g/mol. The van der Waals surface area contributed by atoms with Crippen LogP contribution in [0, 0.1) is 0 Å². The molecule has 1 fully saturated rings. The molecule has 0 aliphatic carbocycles. The monoisotopic (exact) mass is 366 g/mol. The largest absolute Gasteiger partial charge is 0.490 e. The normalized spacial score (nSPS) is 19.5. The first-order chi connectivity index (χ1) is 13.3. The van der Waals surface area contributed by atoms with Gasteiger partial charge in [-0.05, 0) is 42.6 Å². The number of amides is 1. The van der Waals surface area contributed by atoms with Crippen LogP contribution in [0.25, 0.3) is 0 Å². The number of carbonyl (C=O) groups excluding carboxylic acids is 1. The lowest BCUT2D eigenvalue weighted by molar-refractivity contribution is -0.125. The molecule has 2 aromatic carbocycles. The van der Waals surface area contributed by atoms with Gasteiger partial charge < -0.3 is 14.8 Å². The first-order valence-electron chi connectivity index (χ1n) is 9.74. The zero-order chi connectivity index (χ0) is 18.5. The molecule has 5 heteroatoms. The van der Waals surface area contributed by atoms with Gasteiger partial charge in [-0.15, -0.1) is 0 Å². The maximum absolute atomic E-state index is 12.8. The van der Waals surface area contributed by atoms with Gasteiger partial charge in [-0.25, -0.2) is 0 Å². The van der Waals surface area contributed by atoms with Gasteiger partial charge in [0.25, 0.3) is 0 Å². The molecule has 0 spiro atoms. The van der Waals surface area contributed by atoms with Gasteiger partial charge >= 0.3 is 0 Å². The summed E-state index contributed by atoms with van der Waals surface area (Å²) in [5, 5.41) is 3.10. The number of ether oxygens (including phenoxy) is 2. The summed E-state index contributed by atoms with van der Waals surface area (Å²) >= 11 is 0. The Morgan fingerprint density at radius 2 is 1.81 bits per heavy atom. The molecule has 5 nitrogen and oxygen atoms in total. The average Bonchev–Trinajstić information content (AvgIpc) is 3.03. The fourth-order valence-corrected chi connectivity index (χ4v) is 3.75. The van der Waals surface area contributed by atoms with Gasteiger partial charge in [-0.3, -0.25) is 9.69 Å². The lowest BCUT2D eigenvalue weighted by Crippen LogP contribution is -2.42. The van der Waals surface area contributed by atoms with Crippen LogP contribution in [-0.4, -0.2) is 36.6 Å². The molecule has 4 rings (SSSR count). The van der Waals surface area contributed by atoms with Crippen molar-refractivity contribution in [3.05, 3.63) is 59.7 Å². The Bertz CT molecular complexity index is 778. The first kappa shape index (κ1) is 17.9. The predicted molar refractivity (Wildman–Crippen MR) is 104 cm³/mol. The molecule has 2 heterocycles. The number of rotatable bonds is 5. The maximum Gasteiger partial charge on any atom is 0.237 e. The Balaban J connectivity index is 1.35. The van der Waals surface area contributed by atoms with Crippen LogP contribution in [0.5, 0.6) is 11.5 Å². The Hall–Kier alpha value is -2.53. The van der Waals surface area contributed by atoms with Crippen LogP contribution in [-0.2, 0) is 17.9 Å². The van der Waals surface area contributed by atoms with E-state index < -0.39 is 0 Å². The quantitative estimate of drug-likeness (QED) is 0.883. The second kappa shape index (κ2) is 8.44. The number of fused-ring (bicyclic) bond motifs is 1. The molecule has 1 N–H and O–H groups in total. The summed E-state index contributed by atoms with van der Waals surface area (Å²) in [5.74, 6) is 1.66. The standard InChI is InChI=1S/C22H26N2O3/c25-22(19-8-4-11-24(19)16-17-6-2-1-3-7-17)23-15-18-9-10-20-21(14-18)27-13-5-12-26-20/h1-3,6-7,9-10,14,19H,4-5,8,11-13,15-16H2,(H,23,25). The fraction of sp³-hybridized carbons (Fsp3) is 0.409. The van der Waals surface area contributed by atoms with E-state index in [0.29, 0.717) is 19.8 Å². The highest BCUT2D eigenvalue weighted by Gasteiger charge is 2.30. The molecule has 0 aromatic heterocycles. The molecule has 0 saturated carbocycles. The second-order valence-electron chi connectivity index (χ2n) is 7.16. The van der Waals surface area contributed by atoms with Crippen LogP contribution in [0.3, 0.4) is 0 Å². The molecule has 27 heavy (non-hydrogen) atoms. The van der Waals surface area contributed by atoms with Gasteiger partial charge in [0.05, 0.1) is 19.3 Å². The summed E-state index contributed by atoms with van der Waals surface area (Å²) < 4.78 is 11.4. The van der Waals surface area contributed by atoms with Crippen molar-refractivity contribution in [2.24, 2.45) is 0 Å². The van der Waals surface area contributed by atoms with E-state index in [4.69, 9.17) is 9.47 Å². The van der Waals surface area contributed by atoms with Crippen LogP contribution < -0.4 is 14.8 Å². The highest BCUT2D eigenvalue weighted by molar-refractivity contribution is 5.82. The summed E-state index contributed by atoms with van der Waals surface area (Å²) in [6, 6.07) is 16.2. The third-order valence-electron chi connectivity index (χ3n) is 5.17. The summed E-state index contributed by atoms with van der Waals surface area (Å²) in [4.78, 5) is 15.0. The number of carbonyl (C=O) groups is 1. The summed E-state index contributed by atoms with van der Waals surface area (Å²) in [5.41, 5.74) is 2.28. The number of hydrogen-bond donors (Lipinski definition) is 1. The minimum absolute atomic E-state index is 0.0504. The molecule has 142 valence electrons. The Morgan fingerprint density at radius 1 is 1.00 bits per heavy atom. The summed E-state index contributed by atoms with van der Waals surface area (Å²) in [6.45, 7) is 3.65. The van der Waals surface area contributed by atoms with Crippen molar-refractivity contribution in [2.45, 2.75) is 38.4 Å². The molecule has 2 aliphatic heterocycles. The minimum atomic E-state index is -0.0504. The molecular formula is C22H26N2O3. The van der Waals surface area contributed by atoms with E-state index in [0.717, 1.165) is 49.4 Å². The smallest absolute Gasteiger partial charge is 0.237 e. The fourth-order valence-electron chi connectivity index (χ4n) is 3.75. The van der Waals surface area contributed by atoms with Crippen LogP contribution in [0.2, 0.25) is 0 Å². The van der Waals surface area contributed by atoms with Gasteiger partial charge in [0, 0.05) is 19.5 Å². The molecule has 2 aliphatic rings. The van der Waals surface area contributed by atoms with Crippen LogP contribution in [0.1, 0.15) is 30.4 Å². The van der Waals surface area contributed by atoms with Gasteiger partial charge in [-0.2, -0.15) is 0 Å². The first-order valence-corrected chi connectivity index (χ1v) is 9.74. The Labute approximate surface area is 160 Å². The lowest BCUT2D eigenvalue weighted by Gasteiger charge is -2.23. The van der Waals surface area contributed by atoms with Crippen molar-refractivity contribution in [3.8, 4) is 11.5 Å². The van der Waals surface area contributed by atoms with E-state index in [1.54, 1.807) is 0 Å². The Kier molecular flexibility index (Phi) is 5.58. The van der Waals surface area contributed by atoms with Gasteiger partial charge in [0.15, 0.2) is 11.5 Å². The summed E-state index contributed by atoms with van der Waals surface area (Å²) in [6.07, 6.45) is 2.87. The molecule has 1 unspecified atom stereocenters. The maximum atomic E-state index is 12.8. The third-order valence-corrected chi connectivity index (χ3v) is 5.17. The molecule has 0 bridgehead atoms. The van der Waals surface area contributed by atoms with Crippen LogP contribution >= 0.6 is 0 Å². The molecule has 2 aromatic rings. The van der Waals surface area contributed by atoms with Crippen molar-refractivity contribution < 1.29 is 14.3 Å². The van der Waals surface area contributed by atoms with Crippen molar-refractivity contribution in [1.29, 1.82) is 0 Å². The van der Waals surface area contributed by atoms with Crippen LogP contribution in [0.4, 0.5) is 0 Å². The third kappa shape index (κ3) is 4.42. The number of hydrogen-bond acceptors (Lipinski definition) is 4. The highest BCUT2D eigenvalue weighted by Crippen LogP contribution is 2.30. The lowest BCUT2D eigenvalue weighted by atomic mass is 10.1. The van der Waals surface area contributed by atoms with Gasteiger partial charge in [-0.1, -0.05) is 36.4 Å². The van der Waals surface area contributed by atoms with Crippen molar-refractivity contribution >= 4 is 5.91 Å². The number of nitrogens with one attached hydrogen (secondary N) is 1. The second-order valence-corrected chi connectivity index (χ2v) is 7.16. The van der Waals surface area contributed by atoms with E-state index in [2.05, 4.69) is 22.3 Å². The predicted octanol–water partition coefficient (Wildman–Crippen LogP) is 3.13.